The quantitative estimate of drug-likeness (QED) is 0.722. The normalized spacial score (nSPS) is 21.3. The van der Waals surface area contributed by atoms with Gasteiger partial charge in [-0.05, 0) is 36.2 Å². The third-order valence-electron chi connectivity index (χ3n) is 5.34. The molecule has 0 aliphatic carbocycles. The van der Waals surface area contributed by atoms with Gasteiger partial charge >= 0.3 is 0 Å². The first-order valence-corrected chi connectivity index (χ1v) is 8.63. The Hall–Kier alpha value is -1.31. The zero-order valence-electron chi connectivity index (χ0n) is 14.9. The largest absolute Gasteiger partial charge is 0.476 e. The molecule has 1 atom stereocenters. The lowest BCUT2D eigenvalue weighted by atomic mass is 9.66. The van der Waals surface area contributed by atoms with Crippen LogP contribution in [0.1, 0.15) is 59.4 Å². The lowest BCUT2D eigenvalue weighted by molar-refractivity contribution is 0.123. The van der Waals surface area contributed by atoms with Crippen LogP contribution in [0, 0.1) is 16.7 Å². The number of hydrogen-bond donors (Lipinski definition) is 0. The molecule has 0 radical (unpaired) electrons. The summed E-state index contributed by atoms with van der Waals surface area (Å²) in [6, 6.07) is 10.4. The molecule has 0 saturated heterocycles. The van der Waals surface area contributed by atoms with Gasteiger partial charge in [0.05, 0.1) is 0 Å². The molecule has 2 rings (SSSR count). The Bertz CT molecular complexity index is 494. The Kier molecular flexibility index (Phi) is 5.31. The molecule has 0 aromatic heterocycles. The van der Waals surface area contributed by atoms with Crippen LogP contribution >= 0.6 is 0 Å². The molecular weight excluding hydrogens is 270 g/mol. The average Bonchev–Trinajstić information content (AvgIpc) is 2.52. The molecule has 1 unspecified atom stereocenters. The van der Waals surface area contributed by atoms with Crippen molar-refractivity contribution in [1.29, 1.82) is 0 Å². The van der Waals surface area contributed by atoms with E-state index in [1.54, 1.807) is 0 Å². The van der Waals surface area contributed by atoms with Crippen LogP contribution in [0.3, 0.4) is 0 Å². The second kappa shape index (κ2) is 6.85. The van der Waals surface area contributed by atoms with Gasteiger partial charge in [-0.3, -0.25) is 4.99 Å². The first-order chi connectivity index (χ1) is 10.4. The highest BCUT2D eigenvalue weighted by atomic mass is 16.5. The van der Waals surface area contributed by atoms with Gasteiger partial charge in [-0.2, -0.15) is 0 Å². The number of nitrogens with zero attached hydrogens (tertiary/aromatic N) is 1. The van der Waals surface area contributed by atoms with Gasteiger partial charge < -0.3 is 4.74 Å². The molecule has 1 aromatic carbocycles. The number of hydrogen-bond acceptors (Lipinski definition) is 2. The molecule has 122 valence electrons. The summed E-state index contributed by atoms with van der Waals surface area (Å²) in [7, 11) is 0. The molecular formula is C20H31NO. The highest BCUT2D eigenvalue weighted by molar-refractivity contribution is 5.83. The van der Waals surface area contributed by atoms with Crippen LogP contribution < -0.4 is 0 Å². The van der Waals surface area contributed by atoms with E-state index in [4.69, 9.17) is 9.73 Å². The van der Waals surface area contributed by atoms with Crippen LogP contribution in [0.4, 0.5) is 0 Å². The predicted molar refractivity (Wildman–Crippen MR) is 94.1 cm³/mol. The summed E-state index contributed by atoms with van der Waals surface area (Å²) in [5, 5.41) is 0. The highest BCUT2D eigenvalue weighted by Crippen LogP contribution is 2.45. The van der Waals surface area contributed by atoms with Crippen molar-refractivity contribution >= 4 is 5.90 Å². The van der Waals surface area contributed by atoms with Gasteiger partial charge in [-0.25, -0.2) is 0 Å². The predicted octanol–water partition coefficient (Wildman–Crippen LogP) is 5.47. The first kappa shape index (κ1) is 17.1. The first-order valence-electron chi connectivity index (χ1n) is 8.63. The molecule has 2 nitrogen and oxygen atoms in total. The number of ether oxygens (including phenoxy) is 1. The fourth-order valence-corrected chi connectivity index (χ4v) is 3.33. The van der Waals surface area contributed by atoms with Gasteiger partial charge in [-0.15, -0.1) is 0 Å². The summed E-state index contributed by atoms with van der Waals surface area (Å²) in [5.41, 5.74) is 1.64. The van der Waals surface area contributed by atoms with E-state index in [-0.39, 0.29) is 5.41 Å². The van der Waals surface area contributed by atoms with Crippen molar-refractivity contribution in [1.82, 2.24) is 0 Å². The highest BCUT2D eigenvalue weighted by Gasteiger charge is 2.42. The van der Waals surface area contributed by atoms with Crippen LogP contribution in [0.2, 0.25) is 0 Å². The van der Waals surface area contributed by atoms with Crippen molar-refractivity contribution in [2.45, 2.75) is 60.5 Å². The monoisotopic (exact) mass is 301 g/mol. The van der Waals surface area contributed by atoms with Gasteiger partial charge in [0.25, 0.3) is 0 Å². The van der Waals surface area contributed by atoms with Gasteiger partial charge in [0.15, 0.2) is 5.90 Å². The third-order valence-corrected chi connectivity index (χ3v) is 5.34. The second-order valence-electron chi connectivity index (χ2n) is 7.67. The lowest BCUT2D eigenvalue weighted by Crippen LogP contribution is -2.42. The smallest absolute Gasteiger partial charge is 0.189 e. The zero-order valence-corrected chi connectivity index (χ0v) is 14.9. The van der Waals surface area contributed by atoms with Gasteiger partial charge in [0.1, 0.15) is 6.61 Å². The minimum Gasteiger partial charge on any atom is -0.476 e. The molecule has 0 fully saturated rings. The van der Waals surface area contributed by atoms with Gasteiger partial charge in [0.2, 0.25) is 0 Å². The van der Waals surface area contributed by atoms with Crippen LogP contribution in [-0.4, -0.2) is 12.4 Å². The Labute approximate surface area is 136 Å². The SMILES string of the molecule is CCC1(CC)CC(C(C)(C)C)CN=C1OCc1ccccc1. The molecule has 0 spiro atoms. The van der Waals surface area contributed by atoms with E-state index >= 15 is 0 Å². The maximum atomic E-state index is 6.18. The molecule has 0 N–H and O–H groups in total. The Morgan fingerprint density at radius 1 is 1.14 bits per heavy atom. The van der Waals surface area contributed by atoms with E-state index in [9.17, 15) is 0 Å². The van der Waals surface area contributed by atoms with Crippen molar-refractivity contribution in [2.24, 2.45) is 21.7 Å². The summed E-state index contributed by atoms with van der Waals surface area (Å²) < 4.78 is 6.18. The Morgan fingerprint density at radius 3 is 2.32 bits per heavy atom. The van der Waals surface area contributed by atoms with E-state index in [0.29, 0.717) is 17.9 Å². The molecule has 22 heavy (non-hydrogen) atoms. The summed E-state index contributed by atoms with van der Waals surface area (Å²) in [6.07, 6.45) is 3.39. The van der Waals surface area contributed by atoms with E-state index in [0.717, 1.165) is 25.3 Å². The Balaban J connectivity index is 2.15. The van der Waals surface area contributed by atoms with Crippen molar-refractivity contribution in [3.05, 3.63) is 35.9 Å². The fourth-order valence-electron chi connectivity index (χ4n) is 3.33. The molecule has 1 aromatic rings. The van der Waals surface area contributed by atoms with Crippen LogP contribution in [0.15, 0.2) is 35.3 Å². The van der Waals surface area contributed by atoms with E-state index < -0.39 is 0 Å². The van der Waals surface area contributed by atoms with Gasteiger partial charge in [0, 0.05) is 12.0 Å². The summed E-state index contributed by atoms with van der Waals surface area (Å²) >= 11 is 0. The van der Waals surface area contributed by atoms with Crippen molar-refractivity contribution in [3.8, 4) is 0 Å². The maximum Gasteiger partial charge on any atom is 0.189 e. The molecule has 1 aliphatic rings. The standard InChI is InChI=1S/C20H31NO/c1-6-20(7-2)13-17(19(3,4)5)14-21-18(20)22-15-16-11-9-8-10-12-16/h8-12,17H,6-7,13-15H2,1-5H3. The summed E-state index contributed by atoms with van der Waals surface area (Å²) in [4.78, 5) is 4.88. The average molecular weight is 301 g/mol. The lowest BCUT2D eigenvalue weighted by Gasteiger charge is -2.43. The fraction of sp³-hybridized carbons (Fsp3) is 0.650. The number of rotatable bonds is 4. The third kappa shape index (κ3) is 3.71. The van der Waals surface area contributed by atoms with Crippen molar-refractivity contribution in [3.63, 3.8) is 0 Å². The number of aliphatic imine (C=N–C) groups is 1. The van der Waals surface area contributed by atoms with E-state index in [2.05, 4.69) is 58.9 Å². The van der Waals surface area contributed by atoms with Gasteiger partial charge in [-0.1, -0.05) is 65.0 Å². The number of benzene rings is 1. The Morgan fingerprint density at radius 2 is 1.77 bits per heavy atom. The zero-order chi connectivity index (χ0) is 16.2. The molecule has 1 aliphatic heterocycles. The summed E-state index contributed by atoms with van der Waals surface area (Å²) in [5.74, 6) is 1.62. The minimum atomic E-state index is 0.116. The van der Waals surface area contributed by atoms with E-state index in [1.807, 2.05) is 6.07 Å². The summed E-state index contributed by atoms with van der Waals surface area (Å²) in [6.45, 7) is 13.1. The van der Waals surface area contributed by atoms with Crippen LogP contribution in [0.5, 0.6) is 0 Å². The molecule has 2 heteroatoms. The van der Waals surface area contributed by atoms with Crippen LogP contribution in [0.25, 0.3) is 0 Å². The second-order valence-corrected chi connectivity index (χ2v) is 7.67. The minimum absolute atomic E-state index is 0.116. The molecule has 1 heterocycles. The molecule has 0 bridgehead atoms. The topological polar surface area (TPSA) is 21.6 Å². The van der Waals surface area contributed by atoms with Crippen molar-refractivity contribution < 1.29 is 4.74 Å². The van der Waals surface area contributed by atoms with Crippen molar-refractivity contribution in [2.75, 3.05) is 6.54 Å². The van der Waals surface area contributed by atoms with Crippen LogP contribution in [-0.2, 0) is 11.3 Å². The maximum absolute atomic E-state index is 6.18. The van der Waals surface area contributed by atoms with E-state index in [1.165, 1.54) is 12.0 Å². The molecule has 0 amide bonds. The molecule has 0 saturated carbocycles.